The van der Waals surface area contributed by atoms with Gasteiger partial charge in [-0.1, -0.05) is 6.92 Å². The highest BCUT2D eigenvalue weighted by molar-refractivity contribution is 7.92. The van der Waals surface area contributed by atoms with Crippen LogP contribution in [0.1, 0.15) is 13.3 Å². The van der Waals surface area contributed by atoms with Gasteiger partial charge in [0.25, 0.3) is 0 Å². The number of hydrogen-bond acceptors (Lipinski definition) is 7. The average Bonchev–Trinajstić information content (AvgIpc) is 2.50. The maximum absolute atomic E-state index is 11.6. The highest BCUT2D eigenvalue weighted by atomic mass is 32.2. The SMILES string of the molecule is CCCS(=O)(=O)Nc1ccc(NCCN2CCOCC2)nn1. The first-order valence-electron chi connectivity index (χ1n) is 7.47. The van der Waals surface area contributed by atoms with Crippen molar-refractivity contribution in [3.05, 3.63) is 12.1 Å². The van der Waals surface area contributed by atoms with E-state index in [0.29, 0.717) is 12.2 Å². The summed E-state index contributed by atoms with van der Waals surface area (Å²) in [6.07, 6.45) is 0.559. The minimum atomic E-state index is -3.32. The van der Waals surface area contributed by atoms with Crippen LogP contribution >= 0.6 is 0 Å². The molecule has 1 aliphatic rings. The monoisotopic (exact) mass is 329 g/mol. The van der Waals surface area contributed by atoms with Gasteiger partial charge in [-0.3, -0.25) is 9.62 Å². The Morgan fingerprint density at radius 2 is 1.91 bits per heavy atom. The molecule has 9 heteroatoms. The van der Waals surface area contributed by atoms with Gasteiger partial charge in [0.1, 0.15) is 5.82 Å². The number of hydrogen-bond donors (Lipinski definition) is 2. The topological polar surface area (TPSA) is 96.5 Å². The molecule has 0 atom stereocenters. The van der Waals surface area contributed by atoms with Crippen LogP contribution in [0.3, 0.4) is 0 Å². The Kier molecular flexibility index (Phi) is 6.34. The lowest BCUT2D eigenvalue weighted by Crippen LogP contribution is -2.39. The van der Waals surface area contributed by atoms with Gasteiger partial charge in [0.05, 0.1) is 19.0 Å². The molecule has 0 spiro atoms. The lowest BCUT2D eigenvalue weighted by atomic mass is 10.4. The summed E-state index contributed by atoms with van der Waals surface area (Å²) >= 11 is 0. The summed E-state index contributed by atoms with van der Waals surface area (Å²) < 4.78 is 30.9. The third kappa shape index (κ3) is 5.74. The van der Waals surface area contributed by atoms with Gasteiger partial charge < -0.3 is 10.1 Å². The Labute approximate surface area is 131 Å². The summed E-state index contributed by atoms with van der Waals surface area (Å²) in [7, 11) is -3.32. The van der Waals surface area contributed by atoms with Crippen molar-refractivity contribution < 1.29 is 13.2 Å². The van der Waals surface area contributed by atoms with Crippen LogP contribution in [0, 0.1) is 0 Å². The Morgan fingerprint density at radius 3 is 2.55 bits per heavy atom. The minimum Gasteiger partial charge on any atom is -0.379 e. The van der Waals surface area contributed by atoms with Crippen molar-refractivity contribution in [2.75, 3.05) is 55.2 Å². The fraction of sp³-hybridized carbons (Fsp3) is 0.692. The lowest BCUT2D eigenvalue weighted by molar-refractivity contribution is 0.0398. The minimum absolute atomic E-state index is 0.0776. The molecule has 1 aromatic heterocycles. The molecule has 2 heterocycles. The molecule has 2 N–H and O–H groups in total. The molecule has 1 aromatic rings. The average molecular weight is 329 g/mol. The third-order valence-corrected chi connectivity index (χ3v) is 4.70. The predicted octanol–water partition coefficient (Wildman–Crippen LogP) is 0.372. The maximum atomic E-state index is 11.6. The Morgan fingerprint density at radius 1 is 1.23 bits per heavy atom. The van der Waals surface area contributed by atoms with E-state index in [2.05, 4.69) is 25.1 Å². The molecular weight excluding hydrogens is 306 g/mol. The van der Waals surface area contributed by atoms with Crippen molar-refractivity contribution >= 4 is 21.7 Å². The van der Waals surface area contributed by atoms with Crippen LogP contribution in [0.15, 0.2) is 12.1 Å². The van der Waals surface area contributed by atoms with E-state index in [1.807, 2.05) is 6.92 Å². The molecular formula is C13H23N5O3S. The first kappa shape index (κ1) is 16.9. The van der Waals surface area contributed by atoms with E-state index in [-0.39, 0.29) is 11.6 Å². The third-order valence-electron chi connectivity index (χ3n) is 3.24. The Bertz CT molecular complexity index is 543. The van der Waals surface area contributed by atoms with E-state index in [4.69, 9.17) is 4.74 Å². The van der Waals surface area contributed by atoms with E-state index in [1.165, 1.54) is 0 Å². The van der Waals surface area contributed by atoms with E-state index in [1.54, 1.807) is 12.1 Å². The molecule has 22 heavy (non-hydrogen) atoms. The second-order valence-corrected chi connectivity index (χ2v) is 6.95. The van der Waals surface area contributed by atoms with Crippen molar-refractivity contribution in [3.8, 4) is 0 Å². The standard InChI is InChI=1S/C13H23N5O3S/c1-2-11-22(19,20)17-13-4-3-12(15-16-13)14-5-6-18-7-9-21-10-8-18/h3-4H,2,5-11H2,1H3,(H,14,15)(H,16,17). The Balaban J connectivity index is 1.76. The highest BCUT2D eigenvalue weighted by Gasteiger charge is 2.11. The van der Waals surface area contributed by atoms with Crippen molar-refractivity contribution in [1.29, 1.82) is 0 Å². The Hall–Kier alpha value is -1.45. The van der Waals surface area contributed by atoms with Crippen molar-refractivity contribution in [3.63, 3.8) is 0 Å². The highest BCUT2D eigenvalue weighted by Crippen LogP contribution is 2.08. The van der Waals surface area contributed by atoms with Gasteiger partial charge in [0, 0.05) is 26.2 Å². The predicted molar refractivity (Wildman–Crippen MR) is 85.5 cm³/mol. The van der Waals surface area contributed by atoms with Gasteiger partial charge in [0.2, 0.25) is 10.0 Å². The summed E-state index contributed by atoms with van der Waals surface area (Å²) in [5.41, 5.74) is 0. The van der Waals surface area contributed by atoms with E-state index in [9.17, 15) is 8.42 Å². The van der Waals surface area contributed by atoms with Crippen LogP contribution in [0.5, 0.6) is 0 Å². The molecule has 0 aromatic carbocycles. The maximum Gasteiger partial charge on any atom is 0.233 e. The van der Waals surface area contributed by atoms with Crippen LogP contribution < -0.4 is 10.0 Å². The molecule has 1 saturated heterocycles. The number of morpholine rings is 1. The molecule has 0 radical (unpaired) electrons. The van der Waals surface area contributed by atoms with Crippen molar-refractivity contribution in [2.24, 2.45) is 0 Å². The molecule has 2 rings (SSSR count). The number of rotatable bonds is 8. The summed E-state index contributed by atoms with van der Waals surface area (Å²) in [5, 5.41) is 11.0. The van der Waals surface area contributed by atoms with Crippen molar-refractivity contribution in [2.45, 2.75) is 13.3 Å². The van der Waals surface area contributed by atoms with Crippen LogP contribution in [-0.2, 0) is 14.8 Å². The number of aromatic nitrogens is 2. The normalized spacial score (nSPS) is 16.4. The van der Waals surface area contributed by atoms with E-state index >= 15 is 0 Å². The fourth-order valence-corrected chi connectivity index (χ4v) is 3.19. The molecule has 0 aliphatic carbocycles. The van der Waals surface area contributed by atoms with Gasteiger partial charge in [-0.25, -0.2) is 8.42 Å². The van der Waals surface area contributed by atoms with Gasteiger partial charge in [-0.05, 0) is 18.6 Å². The summed E-state index contributed by atoms with van der Waals surface area (Å²) in [6, 6.07) is 3.33. The second kappa shape index (κ2) is 8.25. The molecule has 0 amide bonds. The van der Waals surface area contributed by atoms with Crippen molar-refractivity contribution in [1.82, 2.24) is 15.1 Å². The summed E-state index contributed by atoms with van der Waals surface area (Å²) in [6.45, 7) is 6.95. The smallest absolute Gasteiger partial charge is 0.233 e. The molecule has 124 valence electrons. The van der Waals surface area contributed by atoms with Crippen LogP contribution in [-0.4, -0.2) is 68.7 Å². The van der Waals surface area contributed by atoms with Crippen LogP contribution in [0.2, 0.25) is 0 Å². The quantitative estimate of drug-likeness (QED) is 0.711. The van der Waals surface area contributed by atoms with Crippen LogP contribution in [0.25, 0.3) is 0 Å². The van der Waals surface area contributed by atoms with Gasteiger partial charge >= 0.3 is 0 Å². The molecule has 0 saturated carbocycles. The fourth-order valence-electron chi connectivity index (χ4n) is 2.13. The molecule has 8 nitrogen and oxygen atoms in total. The lowest BCUT2D eigenvalue weighted by Gasteiger charge is -2.26. The second-order valence-electron chi connectivity index (χ2n) is 5.11. The van der Waals surface area contributed by atoms with E-state index in [0.717, 1.165) is 39.4 Å². The molecule has 0 bridgehead atoms. The largest absolute Gasteiger partial charge is 0.379 e. The zero-order chi connectivity index (χ0) is 15.8. The van der Waals surface area contributed by atoms with Gasteiger partial charge in [-0.15, -0.1) is 10.2 Å². The van der Waals surface area contributed by atoms with Gasteiger partial charge in [-0.2, -0.15) is 0 Å². The van der Waals surface area contributed by atoms with Gasteiger partial charge in [0.15, 0.2) is 5.82 Å². The number of ether oxygens (including phenoxy) is 1. The number of anilines is 2. The first-order valence-corrected chi connectivity index (χ1v) is 9.12. The first-order chi connectivity index (χ1) is 10.6. The molecule has 0 unspecified atom stereocenters. The molecule has 1 aliphatic heterocycles. The summed E-state index contributed by atoms with van der Waals surface area (Å²) in [4.78, 5) is 2.32. The molecule has 1 fully saturated rings. The number of nitrogens with one attached hydrogen (secondary N) is 2. The summed E-state index contributed by atoms with van der Waals surface area (Å²) in [5.74, 6) is 0.952. The zero-order valence-electron chi connectivity index (χ0n) is 12.8. The number of sulfonamides is 1. The van der Waals surface area contributed by atoms with Crippen LogP contribution in [0.4, 0.5) is 11.6 Å². The number of nitrogens with zero attached hydrogens (tertiary/aromatic N) is 3. The van der Waals surface area contributed by atoms with E-state index < -0.39 is 10.0 Å². The zero-order valence-corrected chi connectivity index (χ0v) is 13.6.